The quantitative estimate of drug-likeness (QED) is 0.395. The number of halogens is 2. The predicted molar refractivity (Wildman–Crippen MR) is 140 cm³/mol. The largest absolute Gasteiger partial charge is 0.487 e. The van der Waals surface area contributed by atoms with Gasteiger partial charge in [-0.25, -0.2) is 4.98 Å². The standard InChI is InChI=1S/C27H29Cl2N3O3/c1-18-13-22(28)26(23(29)14-18)35-12-11-34-25-9-8-19(17-31-25)15-21(16-30)27(33)32-10-4-6-20-5-2-3-7-24(20)32/h2-3,5,7-9,13-14,17,21H,4,6,10-12,15-16,30H2,1H3. The first-order valence-electron chi connectivity index (χ1n) is 11.7. The van der Waals surface area contributed by atoms with Crippen molar-refractivity contribution in [1.29, 1.82) is 0 Å². The minimum absolute atomic E-state index is 0.0607. The number of rotatable bonds is 9. The summed E-state index contributed by atoms with van der Waals surface area (Å²) in [6.45, 7) is 3.46. The molecule has 1 atom stereocenters. The number of nitrogens with two attached hydrogens (primary N) is 1. The Labute approximate surface area is 216 Å². The Balaban J connectivity index is 1.30. The van der Waals surface area contributed by atoms with Gasteiger partial charge >= 0.3 is 0 Å². The number of hydrogen-bond donors (Lipinski definition) is 1. The molecule has 2 N–H and O–H groups in total. The van der Waals surface area contributed by atoms with E-state index in [1.165, 1.54) is 5.56 Å². The van der Waals surface area contributed by atoms with E-state index in [1.54, 1.807) is 24.4 Å². The lowest BCUT2D eigenvalue weighted by molar-refractivity contribution is -0.122. The average Bonchev–Trinajstić information content (AvgIpc) is 2.86. The molecule has 2 heterocycles. The van der Waals surface area contributed by atoms with Crippen molar-refractivity contribution < 1.29 is 14.3 Å². The van der Waals surface area contributed by atoms with Crippen LogP contribution in [-0.4, -0.2) is 37.2 Å². The highest BCUT2D eigenvalue weighted by Crippen LogP contribution is 2.34. The topological polar surface area (TPSA) is 77.7 Å². The van der Waals surface area contributed by atoms with E-state index in [9.17, 15) is 4.79 Å². The molecule has 6 nitrogen and oxygen atoms in total. The molecule has 0 radical (unpaired) electrons. The summed E-state index contributed by atoms with van der Waals surface area (Å²) in [6, 6.07) is 15.4. The molecule has 0 bridgehead atoms. The van der Waals surface area contributed by atoms with Crippen LogP contribution in [0.4, 0.5) is 5.69 Å². The molecule has 0 saturated carbocycles. The lowest BCUT2D eigenvalue weighted by Crippen LogP contribution is -2.42. The minimum atomic E-state index is -0.313. The van der Waals surface area contributed by atoms with Crippen molar-refractivity contribution in [2.24, 2.45) is 11.7 Å². The van der Waals surface area contributed by atoms with Crippen molar-refractivity contribution >= 4 is 34.8 Å². The van der Waals surface area contributed by atoms with E-state index in [-0.39, 0.29) is 31.6 Å². The van der Waals surface area contributed by atoms with Gasteiger partial charge in [-0.3, -0.25) is 4.79 Å². The van der Waals surface area contributed by atoms with Gasteiger partial charge in [0.2, 0.25) is 11.8 Å². The maximum atomic E-state index is 13.3. The highest BCUT2D eigenvalue weighted by atomic mass is 35.5. The number of hydrogen-bond acceptors (Lipinski definition) is 5. The Hall–Kier alpha value is -2.80. The van der Waals surface area contributed by atoms with Gasteiger partial charge in [-0.1, -0.05) is 47.5 Å². The van der Waals surface area contributed by atoms with Gasteiger partial charge in [0, 0.05) is 31.0 Å². The number of carbonyl (C=O) groups excluding carboxylic acids is 1. The zero-order chi connectivity index (χ0) is 24.8. The molecule has 0 fully saturated rings. The number of aromatic nitrogens is 1. The summed E-state index contributed by atoms with van der Waals surface area (Å²) in [5.41, 5.74) is 10.1. The van der Waals surface area contributed by atoms with Gasteiger partial charge < -0.3 is 20.1 Å². The lowest BCUT2D eigenvalue weighted by atomic mass is 9.96. The smallest absolute Gasteiger partial charge is 0.231 e. The summed E-state index contributed by atoms with van der Waals surface area (Å²) in [7, 11) is 0. The third-order valence-electron chi connectivity index (χ3n) is 6.01. The Kier molecular flexibility index (Phi) is 8.50. The van der Waals surface area contributed by atoms with Crippen LogP contribution < -0.4 is 20.1 Å². The van der Waals surface area contributed by atoms with Crippen LogP contribution in [0, 0.1) is 12.8 Å². The third kappa shape index (κ3) is 6.26. The summed E-state index contributed by atoms with van der Waals surface area (Å²) in [4.78, 5) is 19.5. The number of carbonyl (C=O) groups is 1. The Bertz CT molecular complexity index is 1150. The number of fused-ring (bicyclic) bond motifs is 1. The minimum Gasteiger partial charge on any atom is -0.487 e. The summed E-state index contributed by atoms with van der Waals surface area (Å²) in [5, 5.41) is 0.934. The van der Waals surface area contributed by atoms with E-state index in [1.807, 2.05) is 36.1 Å². The van der Waals surface area contributed by atoms with E-state index in [0.29, 0.717) is 28.1 Å². The van der Waals surface area contributed by atoms with Gasteiger partial charge in [0.05, 0.1) is 16.0 Å². The molecule has 2 aromatic carbocycles. The number of para-hydroxylation sites is 1. The van der Waals surface area contributed by atoms with Crippen molar-refractivity contribution in [3.63, 3.8) is 0 Å². The van der Waals surface area contributed by atoms with E-state index in [2.05, 4.69) is 11.1 Å². The molecule has 3 aromatic rings. The number of anilines is 1. The zero-order valence-corrected chi connectivity index (χ0v) is 21.2. The van der Waals surface area contributed by atoms with Crippen LogP contribution in [0.3, 0.4) is 0 Å². The zero-order valence-electron chi connectivity index (χ0n) is 19.7. The predicted octanol–water partition coefficient (Wildman–Crippen LogP) is 5.25. The lowest BCUT2D eigenvalue weighted by Gasteiger charge is -2.32. The summed E-state index contributed by atoms with van der Waals surface area (Å²) in [6.07, 6.45) is 4.20. The van der Waals surface area contributed by atoms with Gasteiger partial charge in [-0.15, -0.1) is 0 Å². The Morgan fingerprint density at radius 2 is 1.86 bits per heavy atom. The molecule has 0 spiro atoms. The first kappa shape index (κ1) is 25.3. The molecule has 1 unspecified atom stereocenters. The van der Waals surface area contributed by atoms with E-state index in [4.69, 9.17) is 38.4 Å². The Morgan fingerprint density at radius 3 is 2.57 bits per heavy atom. The van der Waals surface area contributed by atoms with E-state index >= 15 is 0 Å². The van der Waals surface area contributed by atoms with Crippen molar-refractivity contribution in [1.82, 2.24) is 4.98 Å². The number of pyridine rings is 1. The second-order valence-electron chi connectivity index (χ2n) is 8.62. The third-order valence-corrected chi connectivity index (χ3v) is 6.57. The van der Waals surface area contributed by atoms with Crippen molar-refractivity contribution in [2.45, 2.75) is 26.2 Å². The molecule has 1 aliphatic rings. The van der Waals surface area contributed by atoms with Gasteiger partial charge in [0.15, 0.2) is 5.75 Å². The van der Waals surface area contributed by atoms with Crippen LogP contribution in [-0.2, 0) is 17.6 Å². The summed E-state index contributed by atoms with van der Waals surface area (Å²) >= 11 is 12.4. The molecule has 1 aliphatic heterocycles. The van der Waals surface area contributed by atoms with Crippen molar-refractivity contribution in [3.8, 4) is 11.6 Å². The molecule has 8 heteroatoms. The molecular weight excluding hydrogens is 485 g/mol. The normalized spacial score (nSPS) is 13.8. The summed E-state index contributed by atoms with van der Waals surface area (Å²) < 4.78 is 11.3. The average molecular weight is 514 g/mol. The second kappa shape index (κ2) is 11.8. The monoisotopic (exact) mass is 513 g/mol. The van der Waals surface area contributed by atoms with Crippen molar-refractivity contribution in [3.05, 3.63) is 81.5 Å². The van der Waals surface area contributed by atoms with Crippen molar-refractivity contribution in [2.75, 3.05) is 31.2 Å². The fourth-order valence-corrected chi connectivity index (χ4v) is 4.98. The highest BCUT2D eigenvalue weighted by Gasteiger charge is 2.28. The van der Waals surface area contributed by atoms with Crippen LogP contribution in [0.1, 0.15) is 23.1 Å². The molecule has 0 aliphatic carbocycles. The SMILES string of the molecule is Cc1cc(Cl)c(OCCOc2ccc(CC(CN)C(=O)N3CCCc4ccccc43)cn2)c(Cl)c1. The molecule has 35 heavy (non-hydrogen) atoms. The van der Waals surface area contributed by atoms with Crippen LogP contribution in [0.5, 0.6) is 11.6 Å². The maximum Gasteiger partial charge on any atom is 0.231 e. The first-order chi connectivity index (χ1) is 17.0. The molecular formula is C27H29Cl2N3O3. The van der Waals surface area contributed by atoms with Gasteiger partial charge in [0.25, 0.3) is 0 Å². The van der Waals surface area contributed by atoms with Crippen LogP contribution in [0.2, 0.25) is 10.0 Å². The highest BCUT2D eigenvalue weighted by molar-refractivity contribution is 6.37. The van der Waals surface area contributed by atoms with E-state index < -0.39 is 0 Å². The van der Waals surface area contributed by atoms with Gasteiger partial charge in [-0.05, 0) is 61.1 Å². The fraction of sp³-hybridized carbons (Fsp3) is 0.333. The number of benzene rings is 2. The number of amides is 1. The second-order valence-corrected chi connectivity index (χ2v) is 9.43. The number of aryl methyl sites for hydroxylation is 2. The van der Waals surface area contributed by atoms with Crippen LogP contribution >= 0.6 is 23.2 Å². The molecule has 1 aromatic heterocycles. The van der Waals surface area contributed by atoms with Crippen LogP contribution in [0.15, 0.2) is 54.7 Å². The maximum absolute atomic E-state index is 13.3. The summed E-state index contributed by atoms with van der Waals surface area (Å²) in [5.74, 6) is 0.663. The molecule has 0 saturated heterocycles. The molecule has 4 rings (SSSR count). The Morgan fingerprint density at radius 1 is 1.11 bits per heavy atom. The van der Waals surface area contributed by atoms with E-state index in [0.717, 1.165) is 36.2 Å². The first-order valence-corrected chi connectivity index (χ1v) is 12.5. The van der Waals surface area contributed by atoms with Crippen LogP contribution in [0.25, 0.3) is 0 Å². The van der Waals surface area contributed by atoms with Gasteiger partial charge in [0.1, 0.15) is 13.2 Å². The number of ether oxygens (including phenoxy) is 2. The number of nitrogens with zero attached hydrogens (tertiary/aromatic N) is 2. The molecule has 1 amide bonds. The fourth-order valence-electron chi connectivity index (χ4n) is 4.27. The van der Waals surface area contributed by atoms with Gasteiger partial charge in [-0.2, -0.15) is 0 Å². The molecule has 184 valence electrons.